The zero-order valence-electron chi connectivity index (χ0n) is 14.1. The second-order valence-electron chi connectivity index (χ2n) is 6.47. The van der Waals surface area contributed by atoms with Crippen molar-refractivity contribution in [3.63, 3.8) is 0 Å². The van der Waals surface area contributed by atoms with Crippen LogP contribution in [0.3, 0.4) is 0 Å². The maximum absolute atomic E-state index is 12.6. The zero-order valence-corrected chi connectivity index (χ0v) is 15.0. The van der Waals surface area contributed by atoms with E-state index in [1.807, 2.05) is 20.8 Å². The van der Waals surface area contributed by atoms with Gasteiger partial charge < -0.3 is 9.15 Å². The van der Waals surface area contributed by atoms with Gasteiger partial charge in [-0.1, -0.05) is 20.8 Å². The monoisotopic (exact) mass is 337 g/mol. The second kappa shape index (κ2) is 6.37. The topological polar surface area (TPSA) is 68.5 Å². The fourth-order valence-electron chi connectivity index (χ4n) is 2.36. The van der Waals surface area contributed by atoms with Gasteiger partial charge in [-0.25, -0.2) is 13.1 Å². The van der Waals surface area contributed by atoms with E-state index >= 15 is 0 Å². The van der Waals surface area contributed by atoms with Gasteiger partial charge in [0.1, 0.15) is 11.5 Å². The summed E-state index contributed by atoms with van der Waals surface area (Å²) in [5.74, 6) is 1.26. The summed E-state index contributed by atoms with van der Waals surface area (Å²) in [6, 6.07) is 6.91. The van der Waals surface area contributed by atoms with Gasteiger partial charge in [0.2, 0.25) is 10.0 Å². The first-order chi connectivity index (χ1) is 10.6. The molecule has 0 spiro atoms. The first kappa shape index (κ1) is 17.6. The standard InChI is InChI=1S/C17H23NO4S/c1-12-9-15(21-5)14(17(2,3)4)10-16(12)23(19,20)18-11-13-7-6-8-22-13/h6-10,18H,11H2,1-5H3. The van der Waals surface area contributed by atoms with Gasteiger partial charge in [-0.15, -0.1) is 0 Å². The average Bonchev–Trinajstić information content (AvgIpc) is 2.96. The number of rotatable bonds is 5. The maximum atomic E-state index is 12.6. The van der Waals surface area contributed by atoms with Gasteiger partial charge in [0, 0.05) is 5.56 Å². The molecule has 5 nitrogen and oxygen atoms in total. The van der Waals surface area contributed by atoms with Crippen LogP contribution in [-0.2, 0) is 22.0 Å². The lowest BCUT2D eigenvalue weighted by Crippen LogP contribution is -2.25. The summed E-state index contributed by atoms with van der Waals surface area (Å²) in [5.41, 5.74) is 1.26. The van der Waals surface area contributed by atoms with Gasteiger partial charge in [0.25, 0.3) is 0 Å². The Labute approximate surface area is 137 Å². The third-order valence-corrected chi connectivity index (χ3v) is 5.15. The van der Waals surface area contributed by atoms with E-state index in [2.05, 4.69) is 4.72 Å². The van der Waals surface area contributed by atoms with E-state index in [1.54, 1.807) is 38.3 Å². The normalized spacial score (nSPS) is 12.4. The van der Waals surface area contributed by atoms with Gasteiger partial charge in [-0.05, 0) is 42.2 Å². The minimum absolute atomic E-state index is 0.117. The summed E-state index contributed by atoms with van der Waals surface area (Å²) >= 11 is 0. The van der Waals surface area contributed by atoms with Crippen LogP contribution in [0, 0.1) is 6.92 Å². The number of nitrogens with one attached hydrogen (secondary N) is 1. The Hall–Kier alpha value is -1.79. The Kier molecular flexibility index (Phi) is 4.87. The van der Waals surface area contributed by atoms with Crippen LogP contribution >= 0.6 is 0 Å². The molecule has 126 valence electrons. The first-order valence-corrected chi connectivity index (χ1v) is 8.84. The Balaban J connectivity index is 2.41. The summed E-state index contributed by atoms with van der Waals surface area (Å²) in [5, 5.41) is 0. The SMILES string of the molecule is COc1cc(C)c(S(=O)(=O)NCc2ccco2)cc1C(C)(C)C. The van der Waals surface area contributed by atoms with Crippen molar-refractivity contribution in [3.05, 3.63) is 47.4 Å². The van der Waals surface area contributed by atoms with Crippen molar-refractivity contribution in [2.75, 3.05) is 7.11 Å². The van der Waals surface area contributed by atoms with E-state index in [9.17, 15) is 8.42 Å². The fourth-order valence-corrected chi connectivity index (χ4v) is 3.61. The number of hydrogen-bond donors (Lipinski definition) is 1. The minimum Gasteiger partial charge on any atom is -0.496 e. The van der Waals surface area contributed by atoms with E-state index in [-0.39, 0.29) is 16.9 Å². The van der Waals surface area contributed by atoms with Crippen molar-refractivity contribution in [1.29, 1.82) is 0 Å². The third kappa shape index (κ3) is 3.95. The molecule has 2 rings (SSSR count). The summed E-state index contributed by atoms with van der Waals surface area (Å²) in [6.45, 7) is 7.94. The quantitative estimate of drug-likeness (QED) is 0.908. The minimum atomic E-state index is -3.64. The largest absolute Gasteiger partial charge is 0.496 e. The highest BCUT2D eigenvalue weighted by molar-refractivity contribution is 7.89. The predicted octanol–water partition coefficient (Wildman–Crippen LogP) is 3.37. The van der Waals surface area contributed by atoms with E-state index < -0.39 is 10.0 Å². The lowest BCUT2D eigenvalue weighted by Gasteiger charge is -2.24. The highest BCUT2D eigenvalue weighted by Crippen LogP contribution is 2.35. The van der Waals surface area contributed by atoms with Crippen LogP contribution in [0.1, 0.15) is 37.7 Å². The third-order valence-electron chi connectivity index (χ3n) is 3.61. The molecule has 1 aromatic heterocycles. The number of aryl methyl sites for hydroxylation is 1. The molecular formula is C17H23NO4S. The lowest BCUT2D eigenvalue weighted by atomic mass is 9.86. The lowest BCUT2D eigenvalue weighted by molar-refractivity contribution is 0.396. The number of sulfonamides is 1. The number of hydrogen-bond acceptors (Lipinski definition) is 4. The molecule has 23 heavy (non-hydrogen) atoms. The smallest absolute Gasteiger partial charge is 0.241 e. The first-order valence-electron chi connectivity index (χ1n) is 7.36. The van der Waals surface area contributed by atoms with Crippen molar-refractivity contribution in [2.45, 2.75) is 44.6 Å². The Bertz CT molecular complexity index is 772. The molecule has 0 radical (unpaired) electrons. The Morgan fingerprint density at radius 2 is 1.96 bits per heavy atom. The number of methoxy groups -OCH3 is 1. The van der Waals surface area contributed by atoms with Crippen molar-refractivity contribution in [3.8, 4) is 5.75 Å². The molecule has 0 bridgehead atoms. The molecule has 0 aliphatic carbocycles. The second-order valence-corrected chi connectivity index (χ2v) is 8.21. The predicted molar refractivity (Wildman–Crippen MR) is 89.2 cm³/mol. The molecule has 1 heterocycles. The molecule has 0 saturated heterocycles. The summed E-state index contributed by atoms with van der Waals surface area (Å²) in [4.78, 5) is 0.259. The summed E-state index contributed by atoms with van der Waals surface area (Å²) < 4.78 is 38.4. The molecule has 0 atom stereocenters. The van der Waals surface area contributed by atoms with E-state index in [1.165, 1.54) is 6.26 Å². The van der Waals surface area contributed by atoms with Gasteiger partial charge >= 0.3 is 0 Å². The summed E-state index contributed by atoms with van der Waals surface area (Å²) in [6.07, 6.45) is 1.51. The molecule has 0 amide bonds. The fraction of sp³-hybridized carbons (Fsp3) is 0.412. The van der Waals surface area contributed by atoms with Crippen molar-refractivity contribution in [1.82, 2.24) is 4.72 Å². The van der Waals surface area contributed by atoms with Crippen molar-refractivity contribution >= 4 is 10.0 Å². The van der Waals surface area contributed by atoms with Gasteiger partial charge in [0.15, 0.2) is 0 Å². The molecule has 2 aromatic rings. The van der Waals surface area contributed by atoms with Crippen LogP contribution in [0.15, 0.2) is 39.8 Å². The molecule has 0 unspecified atom stereocenters. The molecular weight excluding hydrogens is 314 g/mol. The van der Waals surface area contributed by atoms with Crippen molar-refractivity contribution in [2.24, 2.45) is 0 Å². The zero-order chi connectivity index (χ0) is 17.3. The van der Waals surface area contributed by atoms with E-state index in [4.69, 9.17) is 9.15 Å². The van der Waals surface area contributed by atoms with Crippen LogP contribution in [0.2, 0.25) is 0 Å². The molecule has 0 aliphatic rings. The summed E-state index contributed by atoms with van der Waals surface area (Å²) in [7, 11) is -2.05. The molecule has 0 saturated carbocycles. The van der Waals surface area contributed by atoms with Gasteiger partial charge in [-0.2, -0.15) is 0 Å². The molecule has 0 aliphatic heterocycles. The Morgan fingerprint density at radius 1 is 1.26 bits per heavy atom. The highest BCUT2D eigenvalue weighted by Gasteiger charge is 2.25. The number of ether oxygens (including phenoxy) is 1. The average molecular weight is 337 g/mol. The highest BCUT2D eigenvalue weighted by atomic mass is 32.2. The van der Waals surface area contributed by atoms with E-state index in [0.29, 0.717) is 17.1 Å². The molecule has 1 N–H and O–H groups in total. The molecule has 6 heteroatoms. The van der Waals surface area contributed by atoms with Gasteiger partial charge in [0.05, 0.1) is 24.8 Å². The van der Waals surface area contributed by atoms with Crippen LogP contribution in [0.25, 0.3) is 0 Å². The van der Waals surface area contributed by atoms with Crippen LogP contribution in [-0.4, -0.2) is 15.5 Å². The molecule has 0 fully saturated rings. The van der Waals surface area contributed by atoms with Crippen molar-refractivity contribution < 1.29 is 17.6 Å². The number of furan rings is 1. The Morgan fingerprint density at radius 3 is 2.48 bits per heavy atom. The maximum Gasteiger partial charge on any atom is 0.241 e. The molecule has 1 aromatic carbocycles. The number of benzene rings is 1. The van der Waals surface area contributed by atoms with Crippen LogP contribution in [0.4, 0.5) is 0 Å². The van der Waals surface area contributed by atoms with Gasteiger partial charge in [-0.3, -0.25) is 0 Å². The van der Waals surface area contributed by atoms with Crippen LogP contribution in [0.5, 0.6) is 5.75 Å². The van der Waals surface area contributed by atoms with Crippen LogP contribution < -0.4 is 9.46 Å². The van der Waals surface area contributed by atoms with E-state index in [0.717, 1.165) is 5.56 Å².